The summed E-state index contributed by atoms with van der Waals surface area (Å²) in [6, 6.07) is 7.07. The molecule has 2 heterocycles. The topological polar surface area (TPSA) is 50.3 Å². The maximum Gasteiger partial charge on any atom is 0.326 e. The van der Waals surface area contributed by atoms with Crippen molar-refractivity contribution >= 4 is 39.4 Å². The molecule has 0 spiro atoms. The Bertz CT molecular complexity index is 844. The van der Waals surface area contributed by atoms with Gasteiger partial charge in [-0.2, -0.15) is 0 Å². The molecular weight excluding hydrogens is 442 g/mol. The second-order valence-electron chi connectivity index (χ2n) is 8.06. The summed E-state index contributed by atoms with van der Waals surface area (Å²) >= 11 is 3.93. The van der Waals surface area contributed by atoms with Gasteiger partial charge in [0.15, 0.2) is 0 Å². The predicted octanol–water partition coefficient (Wildman–Crippen LogP) is 4.77. The van der Waals surface area contributed by atoms with Gasteiger partial charge in [-0.3, -0.25) is 9.47 Å². The first-order valence-electron chi connectivity index (χ1n) is 10.3. The normalized spacial score (nSPS) is 29.0. The SMILES string of the molecule is CCOC1CCC(N2CCC(n3c(=O)[nH]c4ccc(C)cc43)CC2Br)CC1.Cl. The van der Waals surface area contributed by atoms with E-state index in [2.05, 4.69) is 51.8 Å². The van der Waals surface area contributed by atoms with Crippen LogP contribution < -0.4 is 5.69 Å². The van der Waals surface area contributed by atoms with Gasteiger partial charge in [0, 0.05) is 25.2 Å². The number of fused-ring (bicyclic) bond motifs is 1. The van der Waals surface area contributed by atoms with E-state index in [0.29, 0.717) is 17.1 Å². The van der Waals surface area contributed by atoms with Crippen molar-refractivity contribution in [2.24, 2.45) is 0 Å². The number of aryl methyl sites for hydroxylation is 1. The summed E-state index contributed by atoms with van der Waals surface area (Å²) in [5.74, 6) is 0. The van der Waals surface area contributed by atoms with Crippen LogP contribution in [0.5, 0.6) is 0 Å². The van der Waals surface area contributed by atoms with E-state index < -0.39 is 0 Å². The average molecular weight is 473 g/mol. The average Bonchev–Trinajstić information content (AvgIpc) is 2.98. The Morgan fingerprint density at radius 2 is 1.93 bits per heavy atom. The summed E-state index contributed by atoms with van der Waals surface area (Å²) in [6.45, 7) is 6.02. The highest BCUT2D eigenvalue weighted by Crippen LogP contribution is 2.36. The van der Waals surface area contributed by atoms with Gasteiger partial charge in [0.25, 0.3) is 0 Å². The number of halogens is 2. The number of aromatic amines is 1. The van der Waals surface area contributed by atoms with E-state index in [-0.39, 0.29) is 24.1 Å². The lowest BCUT2D eigenvalue weighted by Gasteiger charge is -2.44. The summed E-state index contributed by atoms with van der Waals surface area (Å²) in [4.78, 5) is 18.6. The van der Waals surface area contributed by atoms with Crippen molar-refractivity contribution in [3.63, 3.8) is 0 Å². The fourth-order valence-corrected chi connectivity index (χ4v) is 5.91. The first-order valence-corrected chi connectivity index (χ1v) is 11.2. The van der Waals surface area contributed by atoms with E-state index in [4.69, 9.17) is 4.74 Å². The summed E-state index contributed by atoms with van der Waals surface area (Å²) < 4.78 is 7.79. The van der Waals surface area contributed by atoms with Crippen molar-refractivity contribution in [3.8, 4) is 0 Å². The molecule has 1 aliphatic carbocycles. The van der Waals surface area contributed by atoms with E-state index in [1.165, 1.54) is 31.2 Å². The van der Waals surface area contributed by atoms with Crippen LogP contribution in [0.25, 0.3) is 11.0 Å². The Kier molecular flexibility index (Phi) is 7.29. The van der Waals surface area contributed by atoms with Crippen LogP contribution in [0.2, 0.25) is 0 Å². The van der Waals surface area contributed by atoms with Crippen LogP contribution in [-0.2, 0) is 4.74 Å². The minimum absolute atomic E-state index is 0. The third kappa shape index (κ3) is 4.35. The molecule has 1 N–H and O–H groups in total. The Morgan fingerprint density at radius 3 is 2.61 bits per heavy atom. The second kappa shape index (κ2) is 9.33. The van der Waals surface area contributed by atoms with E-state index >= 15 is 0 Å². The van der Waals surface area contributed by atoms with Gasteiger partial charge in [0.2, 0.25) is 0 Å². The lowest BCUT2D eigenvalue weighted by molar-refractivity contribution is 0.00519. The standard InChI is InChI=1S/C21H30BrN3O2.ClH/c1-3-27-17-7-5-15(6-8-17)24-11-10-16(13-20(24)22)25-19-12-14(2)4-9-18(19)23-21(25)26;/h4,9,12,15-17,20H,3,5-8,10-11,13H2,1-2H3,(H,23,26);1H. The number of imidazole rings is 1. The molecule has 2 atom stereocenters. The Labute approximate surface area is 181 Å². The van der Waals surface area contributed by atoms with Gasteiger partial charge in [0.1, 0.15) is 0 Å². The molecule has 0 bridgehead atoms. The van der Waals surface area contributed by atoms with Gasteiger partial charge in [-0.1, -0.05) is 22.0 Å². The maximum absolute atomic E-state index is 12.6. The third-order valence-electron chi connectivity index (χ3n) is 6.30. The fraction of sp³-hybridized carbons (Fsp3) is 0.667. The number of aromatic nitrogens is 2. The molecule has 28 heavy (non-hydrogen) atoms. The van der Waals surface area contributed by atoms with Gasteiger partial charge in [-0.25, -0.2) is 4.79 Å². The molecule has 0 amide bonds. The number of ether oxygens (including phenoxy) is 1. The largest absolute Gasteiger partial charge is 0.379 e. The van der Waals surface area contributed by atoms with Crippen molar-refractivity contribution in [3.05, 3.63) is 34.2 Å². The minimum atomic E-state index is 0. The molecule has 0 radical (unpaired) electrons. The van der Waals surface area contributed by atoms with Gasteiger partial charge in [0.05, 0.1) is 22.1 Å². The smallest absolute Gasteiger partial charge is 0.326 e. The molecule has 2 unspecified atom stereocenters. The zero-order valence-electron chi connectivity index (χ0n) is 16.7. The monoisotopic (exact) mass is 471 g/mol. The fourth-order valence-electron chi connectivity index (χ4n) is 4.94. The number of benzene rings is 1. The number of hydrogen-bond donors (Lipinski definition) is 1. The zero-order chi connectivity index (χ0) is 19.0. The molecule has 1 saturated heterocycles. The summed E-state index contributed by atoms with van der Waals surface area (Å²) in [5.41, 5.74) is 3.18. The molecule has 2 fully saturated rings. The number of nitrogens with zero attached hydrogens (tertiary/aromatic N) is 2. The third-order valence-corrected chi connectivity index (χ3v) is 7.20. The van der Waals surface area contributed by atoms with Crippen molar-refractivity contribution in [2.45, 2.75) is 75.5 Å². The lowest BCUT2D eigenvalue weighted by Crippen LogP contribution is -2.48. The number of alkyl halides is 1. The summed E-state index contributed by atoms with van der Waals surface area (Å²) in [6.07, 6.45) is 7.19. The summed E-state index contributed by atoms with van der Waals surface area (Å²) in [5, 5.41) is 0. The quantitative estimate of drug-likeness (QED) is 0.515. The number of H-pyrrole nitrogens is 1. The van der Waals surface area contributed by atoms with Crippen LogP contribution in [0.4, 0.5) is 0 Å². The number of nitrogens with one attached hydrogen (secondary N) is 1. The van der Waals surface area contributed by atoms with E-state index in [1.54, 1.807) is 0 Å². The first kappa shape index (κ1) is 21.9. The molecule has 7 heteroatoms. The molecular formula is C21H31BrClN3O2. The van der Waals surface area contributed by atoms with Crippen LogP contribution in [0.1, 0.15) is 57.1 Å². The molecule has 4 rings (SSSR count). The molecule has 1 aromatic carbocycles. The highest BCUT2D eigenvalue weighted by Gasteiger charge is 2.35. The predicted molar refractivity (Wildman–Crippen MR) is 120 cm³/mol. The van der Waals surface area contributed by atoms with Crippen LogP contribution in [0.3, 0.4) is 0 Å². The highest BCUT2D eigenvalue weighted by molar-refractivity contribution is 9.09. The van der Waals surface area contributed by atoms with Crippen molar-refractivity contribution in [2.75, 3.05) is 13.2 Å². The van der Waals surface area contributed by atoms with E-state index in [0.717, 1.165) is 37.0 Å². The Morgan fingerprint density at radius 1 is 1.18 bits per heavy atom. The Balaban J connectivity index is 0.00000225. The van der Waals surface area contributed by atoms with Crippen molar-refractivity contribution in [1.82, 2.24) is 14.5 Å². The molecule has 1 aliphatic heterocycles. The van der Waals surface area contributed by atoms with Crippen LogP contribution in [-0.4, -0.2) is 44.7 Å². The molecule has 5 nitrogen and oxygen atoms in total. The first-order chi connectivity index (χ1) is 13.1. The summed E-state index contributed by atoms with van der Waals surface area (Å²) in [7, 11) is 0. The molecule has 2 aromatic rings. The van der Waals surface area contributed by atoms with Crippen LogP contribution >= 0.6 is 28.3 Å². The Hall–Kier alpha value is -0.820. The molecule has 1 aromatic heterocycles. The zero-order valence-corrected chi connectivity index (χ0v) is 19.1. The van der Waals surface area contributed by atoms with E-state index in [9.17, 15) is 4.79 Å². The maximum atomic E-state index is 12.6. The van der Waals surface area contributed by atoms with Gasteiger partial charge >= 0.3 is 5.69 Å². The number of rotatable bonds is 4. The van der Waals surface area contributed by atoms with Crippen LogP contribution in [0, 0.1) is 6.92 Å². The van der Waals surface area contributed by atoms with Gasteiger partial charge in [-0.15, -0.1) is 12.4 Å². The van der Waals surface area contributed by atoms with Gasteiger partial charge in [-0.05, 0) is 70.1 Å². The molecule has 2 aliphatic rings. The second-order valence-corrected chi connectivity index (χ2v) is 9.11. The number of hydrogen-bond acceptors (Lipinski definition) is 3. The van der Waals surface area contributed by atoms with Crippen molar-refractivity contribution < 1.29 is 4.74 Å². The van der Waals surface area contributed by atoms with Crippen LogP contribution in [0.15, 0.2) is 23.0 Å². The molecule has 156 valence electrons. The molecule has 1 saturated carbocycles. The lowest BCUT2D eigenvalue weighted by atomic mass is 9.90. The van der Waals surface area contributed by atoms with E-state index in [1.807, 2.05) is 10.6 Å². The number of likely N-dealkylation sites (tertiary alicyclic amines) is 1. The highest BCUT2D eigenvalue weighted by atomic mass is 79.9. The number of piperidine rings is 1. The van der Waals surface area contributed by atoms with Gasteiger partial charge < -0.3 is 9.72 Å². The minimum Gasteiger partial charge on any atom is -0.379 e. The van der Waals surface area contributed by atoms with Crippen molar-refractivity contribution in [1.29, 1.82) is 0 Å².